The van der Waals surface area contributed by atoms with Crippen LogP contribution in [-0.2, 0) is 24.5 Å². The van der Waals surface area contributed by atoms with Crippen LogP contribution in [0.4, 0.5) is 14.6 Å². The van der Waals surface area contributed by atoms with Crippen molar-refractivity contribution in [1.82, 2.24) is 24.8 Å². The first-order valence-corrected chi connectivity index (χ1v) is 18.3. The van der Waals surface area contributed by atoms with Crippen LogP contribution in [0.5, 0.6) is 11.8 Å². The van der Waals surface area contributed by atoms with Crippen LogP contribution in [0.2, 0.25) is 0 Å². The summed E-state index contributed by atoms with van der Waals surface area (Å²) in [7, 11) is 0. The highest BCUT2D eigenvalue weighted by molar-refractivity contribution is 6.02. The lowest BCUT2D eigenvalue weighted by Crippen LogP contribution is -2.58. The molecule has 10 nitrogen and oxygen atoms in total. The molecule has 0 amide bonds. The maximum Gasteiger partial charge on any atom is 0.319 e. The first-order valence-electron chi connectivity index (χ1n) is 18.3. The van der Waals surface area contributed by atoms with E-state index in [0.717, 1.165) is 49.8 Å². The summed E-state index contributed by atoms with van der Waals surface area (Å²) in [5, 5.41) is 16.0. The Balaban J connectivity index is 1.10. The minimum absolute atomic E-state index is 0.0254. The molecular weight excluding hydrogens is 642 g/mol. The molecule has 8 heterocycles. The molecule has 50 heavy (non-hydrogen) atoms. The maximum atomic E-state index is 17.5. The number of alkyl halides is 1. The van der Waals surface area contributed by atoms with Crippen molar-refractivity contribution in [2.45, 2.75) is 101 Å². The largest absolute Gasteiger partial charge is 0.508 e. The van der Waals surface area contributed by atoms with Gasteiger partial charge in [0.05, 0.1) is 24.3 Å². The molecule has 6 aliphatic heterocycles. The van der Waals surface area contributed by atoms with Gasteiger partial charge in [0.2, 0.25) is 0 Å². The quantitative estimate of drug-likeness (QED) is 0.310. The van der Waals surface area contributed by atoms with Gasteiger partial charge in [-0.25, -0.2) is 8.78 Å². The van der Waals surface area contributed by atoms with E-state index in [-0.39, 0.29) is 53.0 Å². The van der Waals surface area contributed by atoms with E-state index in [1.807, 2.05) is 12.1 Å². The van der Waals surface area contributed by atoms with Crippen molar-refractivity contribution in [3.05, 3.63) is 51.6 Å². The minimum atomic E-state index is -0.909. The lowest BCUT2D eigenvalue weighted by atomic mass is 9.65. The Bertz CT molecular complexity index is 2190. The molecule has 3 unspecified atom stereocenters. The number of aromatic nitrogens is 3. The number of fused-ring (bicyclic) bond motifs is 9. The molecule has 2 bridgehead atoms. The molecule has 2 aromatic carbocycles. The summed E-state index contributed by atoms with van der Waals surface area (Å²) in [4.78, 5) is 29.0. The molecule has 2 aromatic heterocycles. The van der Waals surface area contributed by atoms with Gasteiger partial charge in [0.25, 0.3) is 5.56 Å². The number of pyridine rings is 1. The standard InChI is InChI=1S/C38H40F2N6O4/c39-22-12-38(17-37(7-1-8-37)18-44(38)13-22)19-50-36-42-32-31(40)30(25-11-24(47)10-20-2-3-21-15-49-16-26(21)29(20)25)35(48)45-9-6-28-27-5-4-23(41-27)14-46(28)34(43-36)33(32)45/h2-3,10-11,22-23,27-28,41,47H,1,4-9,12-19H2/t22-,23?,27?,28?,38-/m1/s1. The zero-order chi connectivity index (χ0) is 33.5. The molecule has 4 saturated heterocycles. The predicted molar refractivity (Wildman–Crippen MR) is 183 cm³/mol. The number of phenolic OH excluding ortho intramolecular Hbond substituents is 1. The SMILES string of the molecule is O=c1c(-c2cc(O)cc3ccc4c(c23)COC4)c(F)c2nc(OC[C@]34C[C@@H](F)CN3CC3(CCC3)C4)nc3c2n1CCC1C2CCC(CN31)N2. The maximum absolute atomic E-state index is 17.5. The fourth-order valence-corrected chi connectivity index (χ4v) is 11.1. The van der Waals surface area contributed by atoms with Crippen LogP contribution in [-0.4, -0.2) is 80.6 Å². The summed E-state index contributed by atoms with van der Waals surface area (Å²) in [5.41, 5.74) is 1.81. The van der Waals surface area contributed by atoms with E-state index >= 15 is 4.39 Å². The summed E-state index contributed by atoms with van der Waals surface area (Å²) in [6, 6.07) is 7.60. The van der Waals surface area contributed by atoms with Crippen molar-refractivity contribution in [3.8, 4) is 22.9 Å². The van der Waals surface area contributed by atoms with Gasteiger partial charge in [0, 0.05) is 56.3 Å². The summed E-state index contributed by atoms with van der Waals surface area (Å²) in [6.07, 6.45) is 6.69. The summed E-state index contributed by atoms with van der Waals surface area (Å²) in [5.74, 6) is -0.289. The number of hydrogen-bond donors (Lipinski definition) is 2. The van der Waals surface area contributed by atoms with Crippen molar-refractivity contribution in [1.29, 1.82) is 0 Å². The van der Waals surface area contributed by atoms with Gasteiger partial charge in [-0.1, -0.05) is 18.6 Å². The summed E-state index contributed by atoms with van der Waals surface area (Å²) in [6.45, 7) is 3.37. The van der Waals surface area contributed by atoms with Crippen molar-refractivity contribution >= 4 is 27.6 Å². The van der Waals surface area contributed by atoms with Crippen LogP contribution < -0.4 is 20.5 Å². The molecule has 5 fully saturated rings. The average Bonchev–Trinajstić information content (AvgIpc) is 3.83. The van der Waals surface area contributed by atoms with E-state index in [0.29, 0.717) is 73.4 Å². The smallest absolute Gasteiger partial charge is 0.319 e. The highest BCUT2D eigenvalue weighted by Crippen LogP contribution is 2.57. The lowest BCUT2D eigenvalue weighted by molar-refractivity contribution is 0.104. The van der Waals surface area contributed by atoms with Gasteiger partial charge < -0.3 is 29.4 Å². The van der Waals surface area contributed by atoms with Gasteiger partial charge in [-0.2, -0.15) is 9.97 Å². The third kappa shape index (κ3) is 4.12. The number of piperazine rings is 1. The Morgan fingerprint density at radius 2 is 2.02 bits per heavy atom. The number of aromatic hydroxyl groups is 1. The lowest BCUT2D eigenvalue weighted by Gasteiger charge is -2.41. The van der Waals surface area contributed by atoms with Gasteiger partial charge in [0.15, 0.2) is 11.6 Å². The number of ether oxygens (including phenoxy) is 2. The second-order valence-electron chi connectivity index (χ2n) is 16.2. The second kappa shape index (κ2) is 10.4. The minimum Gasteiger partial charge on any atom is -0.508 e. The molecular formula is C38H40F2N6O4. The van der Waals surface area contributed by atoms with E-state index in [4.69, 9.17) is 19.4 Å². The van der Waals surface area contributed by atoms with Crippen LogP contribution in [0.25, 0.3) is 32.9 Å². The molecule has 1 aliphatic carbocycles. The third-order valence-corrected chi connectivity index (χ3v) is 13.4. The molecule has 260 valence electrons. The van der Waals surface area contributed by atoms with Crippen LogP contribution in [0.3, 0.4) is 0 Å². The number of phenols is 1. The Morgan fingerprint density at radius 1 is 1.12 bits per heavy atom. The van der Waals surface area contributed by atoms with Gasteiger partial charge >= 0.3 is 6.01 Å². The van der Waals surface area contributed by atoms with Gasteiger partial charge in [-0.3, -0.25) is 9.69 Å². The molecule has 12 heteroatoms. The molecule has 0 radical (unpaired) electrons. The first kappa shape index (κ1) is 29.8. The fourth-order valence-electron chi connectivity index (χ4n) is 11.1. The number of aryl methyl sites for hydroxylation is 1. The zero-order valence-electron chi connectivity index (χ0n) is 27.9. The predicted octanol–water partition coefficient (Wildman–Crippen LogP) is 4.93. The van der Waals surface area contributed by atoms with Crippen LogP contribution in [0.15, 0.2) is 29.1 Å². The fraction of sp³-hybridized carbons (Fsp3) is 0.553. The van der Waals surface area contributed by atoms with E-state index in [1.54, 1.807) is 10.6 Å². The molecule has 1 spiro atoms. The third-order valence-electron chi connectivity index (χ3n) is 13.4. The number of benzene rings is 2. The number of nitrogens with one attached hydrogen (secondary N) is 1. The molecule has 5 atom stereocenters. The monoisotopic (exact) mass is 682 g/mol. The van der Waals surface area contributed by atoms with Crippen LogP contribution in [0.1, 0.15) is 62.5 Å². The number of nitrogens with zero attached hydrogens (tertiary/aromatic N) is 5. The van der Waals surface area contributed by atoms with Crippen molar-refractivity contribution in [3.63, 3.8) is 0 Å². The highest BCUT2D eigenvalue weighted by Gasteiger charge is 2.60. The Morgan fingerprint density at radius 3 is 2.88 bits per heavy atom. The summed E-state index contributed by atoms with van der Waals surface area (Å²) < 4.78 is 46.3. The van der Waals surface area contributed by atoms with E-state index in [2.05, 4.69) is 15.1 Å². The molecule has 7 aliphatic rings. The zero-order valence-corrected chi connectivity index (χ0v) is 27.9. The number of halogens is 2. The molecule has 11 rings (SSSR count). The van der Waals surface area contributed by atoms with Crippen molar-refractivity contribution in [2.75, 3.05) is 31.1 Å². The summed E-state index contributed by atoms with van der Waals surface area (Å²) >= 11 is 0. The van der Waals surface area contributed by atoms with Crippen LogP contribution >= 0.6 is 0 Å². The molecule has 4 aromatic rings. The van der Waals surface area contributed by atoms with Gasteiger partial charge in [0.1, 0.15) is 29.6 Å². The second-order valence-corrected chi connectivity index (χ2v) is 16.2. The molecule has 2 N–H and O–H groups in total. The average molecular weight is 683 g/mol. The van der Waals surface area contributed by atoms with Gasteiger partial charge in [-0.05, 0) is 78.0 Å². The Kier molecular flexibility index (Phi) is 6.18. The van der Waals surface area contributed by atoms with Crippen molar-refractivity contribution < 1.29 is 23.4 Å². The highest BCUT2D eigenvalue weighted by atomic mass is 19.1. The van der Waals surface area contributed by atoms with E-state index in [1.165, 1.54) is 12.5 Å². The van der Waals surface area contributed by atoms with Crippen molar-refractivity contribution in [2.24, 2.45) is 5.41 Å². The van der Waals surface area contributed by atoms with E-state index < -0.39 is 23.1 Å². The topological polar surface area (TPSA) is 105 Å². The Labute approximate surface area is 287 Å². The number of rotatable bonds is 4. The number of hydrogen-bond acceptors (Lipinski definition) is 9. The van der Waals surface area contributed by atoms with Crippen LogP contribution in [0, 0.1) is 11.2 Å². The number of anilines is 1. The first-order chi connectivity index (χ1) is 24.3. The van der Waals surface area contributed by atoms with E-state index in [9.17, 15) is 14.3 Å². The normalized spacial score (nSPS) is 30.5. The molecule has 1 saturated carbocycles. The van der Waals surface area contributed by atoms with Gasteiger partial charge in [-0.15, -0.1) is 0 Å². The Hall–Kier alpha value is -3.87.